The number of β-lactam (4-membered cyclic amide) rings is 1. The lowest BCUT2D eigenvalue weighted by molar-refractivity contribution is -0.161. The second-order valence-corrected chi connectivity index (χ2v) is 8.45. The van der Waals surface area contributed by atoms with Crippen LogP contribution in [0.3, 0.4) is 0 Å². The molecular formula is C13H17N5O9S2. The number of nitrogens with zero attached hydrogens (tertiary/aromatic N) is 3. The lowest BCUT2D eigenvalue weighted by Gasteiger charge is -2.42. The van der Waals surface area contributed by atoms with Crippen molar-refractivity contribution in [2.24, 2.45) is 5.16 Å². The molecule has 1 aliphatic heterocycles. The van der Waals surface area contributed by atoms with E-state index >= 15 is 0 Å². The first-order chi connectivity index (χ1) is 13.3. The third kappa shape index (κ3) is 4.61. The molecule has 160 valence electrons. The number of anilines is 1. The molecule has 0 unspecified atom stereocenters. The molecule has 2 rings (SSSR count). The number of carbonyl (C=O) groups is 3. The molecule has 2 atom stereocenters. The van der Waals surface area contributed by atoms with E-state index in [1.807, 2.05) is 0 Å². The van der Waals surface area contributed by atoms with E-state index in [2.05, 4.69) is 15.5 Å². The van der Waals surface area contributed by atoms with Crippen molar-refractivity contribution in [3.8, 4) is 0 Å². The van der Waals surface area contributed by atoms with Gasteiger partial charge in [0.15, 0.2) is 5.71 Å². The summed E-state index contributed by atoms with van der Waals surface area (Å²) in [6, 6.07) is -2.37. The van der Waals surface area contributed by atoms with Crippen molar-refractivity contribution in [2.75, 3.05) is 5.48 Å². The first-order valence-electron chi connectivity index (χ1n) is 7.76. The lowest BCUT2D eigenvalue weighted by atomic mass is 10.0. The summed E-state index contributed by atoms with van der Waals surface area (Å²) in [5.74, 6) is -3.47. The Bertz CT molecular complexity index is 971. The summed E-state index contributed by atoms with van der Waals surface area (Å²) in [7, 11) is -4.78. The van der Waals surface area contributed by atoms with Gasteiger partial charge in [0.05, 0.1) is 6.04 Å². The van der Waals surface area contributed by atoms with Gasteiger partial charge in [-0.1, -0.05) is 5.16 Å². The lowest BCUT2D eigenvalue weighted by Crippen LogP contribution is -2.71. The van der Waals surface area contributed by atoms with Gasteiger partial charge in [0, 0.05) is 5.38 Å². The molecule has 2 amide bonds. The van der Waals surface area contributed by atoms with Crippen LogP contribution < -0.4 is 10.8 Å². The maximum absolute atomic E-state index is 12.6. The highest BCUT2D eigenvalue weighted by atomic mass is 32.2. The Morgan fingerprint density at radius 2 is 2.03 bits per heavy atom. The van der Waals surface area contributed by atoms with Crippen molar-refractivity contribution in [3.63, 3.8) is 0 Å². The van der Waals surface area contributed by atoms with Gasteiger partial charge in [0.2, 0.25) is 10.7 Å². The zero-order valence-electron chi connectivity index (χ0n) is 15.2. The van der Waals surface area contributed by atoms with Crippen molar-refractivity contribution in [3.05, 3.63) is 11.1 Å². The molecule has 5 N–H and O–H groups in total. The van der Waals surface area contributed by atoms with Crippen molar-refractivity contribution in [1.82, 2.24) is 14.6 Å². The van der Waals surface area contributed by atoms with Gasteiger partial charge in [-0.2, -0.15) is 8.42 Å². The summed E-state index contributed by atoms with van der Waals surface area (Å²) in [6.45, 7) is 3.63. The number of thiazole rings is 1. The van der Waals surface area contributed by atoms with E-state index in [-0.39, 0.29) is 15.1 Å². The molecule has 0 bridgehead atoms. The Kier molecular flexibility index (Phi) is 6.12. The SMILES string of the molecule is C[C@H]1[C@H](NC(=O)/C(=N\OC(C)(C)C(=O)O)c2csc(NO)n2)C(=O)N1S(=O)(=O)O. The van der Waals surface area contributed by atoms with E-state index < -0.39 is 51.5 Å². The highest BCUT2D eigenvalue weighted by molar-refractivity contribution is 7.84. The Hall–Kier alpha value is -2.82. The summed E-state index contributed by atoms with van der Waals surface area (Å²) in [5.41, 5.74) is -0.683. The third-order valence-corrected chi connectivity index (χ3v) is 5.57. The largest absolute Gasteiger partial charge is 0.478 e. The van der Waals surface area contributed by atoms with Crippen LogP contribution in [-0.2, 0) is 29.5 Å². The average Bonchev–Trinajstić information content (AvgIpc) is 3.07. The van der Waals surface area contributed by atoms with E-state index in [4.69, 9.17) is 19.7 Å². The molecule has 1 fully saturated rings. The number of aliphatic carboxylic acids is 1. The number of amides is 2. The van der Waals surface area contributed by atoms with E-state index in [9.17, 15) is 22.8 Å². The molecule has 2 heterocycles. The number of carbonyl (C=O) groups excluding carboxylic acids is 2. The van der Waals surface area contributed by atoms with Gasteiger partial charge < -0.3 is 15.3 Å². The number of carboxylic acids is 1. The Morgan fingerprint density at radius 1 is 1.41 bits per heavy atom. The average molecular weight is 451 g/mol. The van der Waals surface area contributed by atoms with Gasteiger partial charge in [-0.15, -0.1) is 11.3 Å². The fourth-order valence-corrected chi connectivity index (χ4v) is 3.62. The Morgan fingerprint density at radius 3 is 2.48 bits per heavy atom. The quantitative estimate of drug-likeness (QED) is 0.141. The fraction of sp³-hybridized carbons (Fsp3) is 0.462. The molecule has 1 saturated heterocycles. The molecule has 0 aliphatic carbocycles. The number of hydrogen-bond acceptors (Lipinski definition) is 11. The minimum atomic E-state index is -4.78. The normalized spacial score (nSPS) is 20.1. The topological polar surface area (TPSA) is 208 Å². The van der Waals surface area contributed by atoms with Crippen LogP contribution in [0.2, 0.25) is 0 Å². The predicted octanol–water partition coefficient (Wildman–Crippen LogP) is -0.954. The smallest absolute Gasteiger partial charge is 0.362 e. The first kappa shape index (κ1) is 22.5. The van der Waals surface area contributed by atoms with Gasteiger partial charge in [0.1, 0.15) is 11.7 Å². The highest BCUT2D eigenvalue weighted by Gasteiger charge is 2.51. The van der Waals surface area contributed by atoms with Gasteiger partial charge in [-0.25, -0.2) is 19.6 Å². The minimum absolute atomic E-state index is 0.0105. The van der Waals surface area contributed by atoms with Crippen molar-refractivity contribution >= 4 is 50.3 Å². The molecule has 1 aromatic heterocycles. The van der Waals surface area contributed by atoms with Crippen molar-refractivity contribution in [2.45, 2.75) is 38.5 Å². The maximum atomic E-state index is 12.6. The summed E-state index contributed by atoms with van der Waals surface area (Å²) in [5, 5.41) is 25.0. The fourth-order valence-electron chi connectivity index (χ4n) is 2.15. The second-order valence-electron chi connectivity index (χ2n) is 6.30. The number of oxime groups is 1. The zero-order valence-corrected chi connectivity index (χ0v) is 16.8. The number of carboxylic acid groups (broad SMARTS) is 1. The van der Waals surface area contributed by atoms with Crippen LogP contribution in [0.1, 0.15) is 26.5 Å². The number of rotatable bonds is 8. The summed E-state index contributed by atoms with van der Waals surface area (Å²) >= 11 is 0.886. The van der Waals surface area contributed by atoms with E-state index in [0.717, 1.165) is 11.3 Å². The van der Waals surface area contributed by atoms with Crippen LogP contribution in [0, 0.1) is 0 Å². The van der Waals surface area contributed by atoms with Crippen LogP contribution in [0.25, 0.3) is 0 Å². The number of aromatic nitrogens is 1. The third-order valence-electron chi connectivity index (χ3n) is 3.81. The summed E-state index contributed by atoms with van der Waals surface area (Å²) in [6.07, 6.45) is 0. The van der Waals surface area contributed by atoms with E-state index in [0.29, 0.717) is 0 Å². The zero-order chi connectivity index (χ0) is 22.1. The molecule has 0 aromatic carbocycles. The number of hydrogen-bond donors (Lipinski definition) is 5. The molecule has 0 spiro atoms. The van der Waals surface area contributed by atoms with Gasteiger partial charge >= 0.3 is 16.3 Å². The Balaban J connectivity index is 2.28. The Labute approximate surface area is 168 Å². The van der Waals surface area contributed by atoms with Crippen LogP contribution in [-0.4, -0.2) is 73.8 Å². The van der Waals surface area contributed by atoms with Gasteiger partial charge in [-0.3, -0.25) is 19.3 Å². The molecule has 14 nitrogen and oxygen atoms in total. The van der Waals surface area contributed by atoms with Gasteiger partial charge in [-0.05, 0) is 20.8 Å². The predicted molar refractivity (Wildman–Crippen MR) is 96.6 cm³/mol. The van der Waals surface area contributed by atoms with Crippen LogP contribution in [0.5, 0.6) is 0 Å². The molecular weight excluding hydrogens is 434 g/mol. The molecule has 0 saturated carbocycles. The standard InChI is InChI=1S/C13H17N5O9S2/c1-5-7(10(20)18(5)29(24,25)26)15-9(19)8(6-4-28-12(14-6)16-23)17-27-13(2,3)11(21)22/h4-5,7,23H,1-3H3,(H,14,16)(H,15,19)(H,21,22)(H,24,25,26)/b17-8-/t5-,7-/m0/s1. The second kappa shape index (κ2) is 7.90. The van der Waals surface area contributed by atoms with Crippen LogP contribution in [0.15, 0.2) is 10.5 Å². The van der Waals surface area contributed by atoms with Crippen molar-refractivity contribution in [1.29, 1.82) is 0 Å². The molecule has 16 heteroatoms. The molecule has 1 aromatic rings. The van der Waals surface area contributed by atoms with Crippen LogP contribution >= 0.6 is 11.3 Å². The van der Waals surface area contributed by atoms with Crippen LogP contribution in [0.4, 0.5) is 5.13 Å². The van der Waals surface area contributed by atoms with E-state index in [1.165, 1.54) is 26.2 Å². The summed E-state index contributed by atoms with van der Waals surface area (Å²) in [4.78, 5) is 44.5. The molecule has 1 aliphatic rings. The minimum Gasteiger partial charge on any atom is -0.478 e. The molecule has 0 radical (unpaired) electrons. The van der Waals surface area contributed by atoms with E-state index in [1.54, 1.807) is 5.48 Å². The van der Waals surface area contributed by atoms with Crippen molar-refractivity contribution < 1.29 is 42.5 Å². The number of nitrogens with one attached hydrogen (secondary N) is 2. The van der Waals surface area contributed by atoms with Gasteiger partial charge in [0.25, 0.3) is 11.8 Å². The monoisotopic (exact) mass is 451 g/mol. The summed E-state index contributed by atoms with van der Waals surface area (Å²) < 4.78 is 31.5. The maximum Gasteiger partial charge on any atom is 0.362 e. The highest BCUT2D eigenvalue weighted by Crippen LogP contribution is 2.23. The molecule has 29 heavy (non-hydrogen) atoms. The first-order valence-corrected chi connectivity index (χ1v) is 10.0.